The first-order chi connectivity index (χ1) is 9.03. The lowest BCUT2D eigenvalue weighted by molar-refractivity contribution is 0.103. The first kappa shape index (κ1) is 13.6. The topological polar surface area (TPSA) is 35.2 Å². The molecular weight excluding hydrogens is 241 g/mol. The van der Waals surface area contributed by atoms with E-state index in [9.17, 15) is 4.39 Å². The van der Waals surface area contributed by atoms with Crippen molar-refractivity contribution in [1.82, 2.24) is 0 Å². The maximum absolute atomic E-state index is 13.9. The number of rotatable bonds is 4. The zero-order valence-electron chi connectivity index (χ0n) is 11.2. The lowest BCUT2D eigenvalue weighted by atomic mass is 9.98. The first-order valence-electron chi connectivity index (χ1n) is 6.26. The van der Waals surface area contributed by atoms with Crippen LogP contribution in [0.2, 0.25) is 0 Å². The van der Waals surface area contributed by atoms with E-state index in [0.717, 1.165) is 11.1 Å². The lowest BCUT2D eigenvalue weighted by Gasteiger charge is -2.27. The van der Waals surface area contributed by atoms with Gasteiger partial charge in [0.05, 0.1) is 0 Å². The van der Waals surface area contributed by atoms with Gasteiger partial charge < -0.3 is 10.5 Å². The van der Waals surface area contributed by atoms with Gasteiger partial charge >= 0.3 is 0 Å². The molecule has 0 aliphatic carbocycles. The molecule has 0 amide bonds. The highest BCUT2D eigenvalue weighted by Gasteiger charge is 2.23. The Kier molecular flexibility index (Phi) is 3.86. The number of halogens is 1. The van der Waals surface area contributed by atoms with Crippen LogP contribution in [0.3, 0.4) is 0 Å². The molecule has 100 valence electrons. The maximum Gasteiger partial charge on any atom is 0.165 e. The summed E-state index contributed by atoms with van der Waals surface area (Å²) in [5, 5.41) is 0. The second-order valence-corrected chi connectivity index (χ2v) is 4.95. The van der Waals surface area contributed by atoms with Gasteiger partial charge in [-0.15, -0.1) is 0 Å². The SMILES string of the molecule is CC(C)(Oc1ccc(CN)cc1F)c1ccccc1. The van der Waals surface area contributed by atoms with Crippen LogP contribution in [-0.4, -0.2) is 0 Å². The molecule has 0 atom stereocenters. The van der Waals surface area contributed by atoms with Crippen molar-refractivity contribution in [3.05, 3.63) is 65.5 Å². The lowest BCUT2D eigenvalue weighted by Crippen LogP contribution is -2.25. The Bertz CT molecular complexity index is 552. The predicted octanol–water partition coefficient (Wildman–Crippen LogP) is 3.60. The normalized spacial score (nSPS) is 11.4. The summed E-state index contributed by atoms with van der Waals surface area (Å²) in [5.74, 6) is -0.141. The molecule has 3 heteroatoms. The van der Waals surface area contributed by atoms with Crippen molar-refractivity contribution in [3.8, 4) is 5.75 Å². The average molecular weight is 259 g/mol. The van der Waals surface area contributed by atoms with Crippen LogP contribution in [0.4, 0.5) is 4.39 Å². The van der Waals surface area contributed by atoms with Crippen LogP contribution in [0.15, 0.2) is 48.5 Å². The van der Waals surface area contributed by atoms with E-state index < -0.39 is 5.60 Å². The largest absolute Gasteiger partial charge is 0.480 e. The van der Waals surface area contributed by atoms with Crippen molar-refractivity contribution in [2.75, 3.05) is 0 Å². The summed E-state index contributed by atoms with van der Waals surface area (Å²) in [6, 6.07) is 14.6. The molecule has 19 heavy (non-hydrogen) atoms. The molecule has 0 saturated heterocycles. The number of benzene rings is 2. The molecule has 0 aliphatic heterocycles. The number of hydrogen-bond acceptors (Lipinski definition) is 2. The average Bonchev–Trinajstić information content (AvgIpc) is 2.42. The van der Waals surface area contributed by atoms with Crippen LogP contribution in [0.25, 0.3) is 0 Å². The van der Waals surface area contributed by atoms with Crippen LogP contribution in [-0.2, 0) is 12.1 Å². The van der Waals surface area contributed by atoms with E-state index in [1.54, 1.807) is 12.1 Å². The summed E-state index contributed by atoms with van der Waals surface area (Å²) in [5.41, 5.74) is 6.64. The van der Waals surface area contributed by atoms with Gasteiger partial charge in [-0.05, 0) is 37.1 Å². The van der Waals surface area contributed by atoms with E-state index in [1.807, 2.05) is 44.2 Å². The zero-order chi connectivity index (χ0) is 13.9. The summed E-state index contributed by atoms with van der Waals surface area (Å²) >= 11 is 0. The first-order valence-corrected chi connectivity index (χ1v) is 6.26. The Morgan fingerprint density at radius 2 is 1.79 bits per heavy atom. The molecule has 0 aliphatic rings. The van der Waals surface area contributed by atoms with E-state index in [1.165, 1.54) is 6.07 Å². The fraction of sp³-hybridized carbons (Fsp3) is 0.250. The molecule has 2 nitrogen and oxygen atoms in total. The molecule has 2 aromatic carbocycles. The fourth-order valence-corrected chi connectivity index (χ4v) is 1.93. The fourth-order valence-electron chi connectivity index (χ4n) is 1.93. The standard InChI is InChI=1S/C16H18FNO/c1-16(2,13-6-4-3-5-7-13)19-15-9-8-12(11-18)10-14(15)17/h3-10H,11,18H2,1-2H3. The third-order valence-electron chi connectivity index (χ3n) is 3.07. The number of nitrogens with two attached hydrogens (primary N) is 1. The van der Waals surface area contributed by atoms with Crippen LogP contribution in [0, 0.1) is 5.82 Å². The van der Waals surface area contributed by atoms with Crippen molar-refractivity contribution >= 4 is 0 Å². The van der Waals surface area contributed by atoms with E-state index >= 15 is 0 Å². The minimum atomic E-state index is -0.591. The second-order valence-electron chi connectivity index (χ2n) is 4.95. The molecule has 2 N–H and O–H groups in total. The molecule has 2 rings (SSSR count). The Hall–Kier alpha value is -1.87. The van der Waals surface area contributed by atoms with Crippen LogP contribution in [0.5, 0.6) is 5.75 Å². The maximum atomic E-state index is 13.9. The van der Waals surface area contributed by atoms with Gasteiger partial charge in [0, 0.05) is 6.54 Å². The van der Waals surface area contributed by atoms with Gasteiger partial charge in [0.25, 0.3) is 0 Å². The van der Waals surface area contributed by atoms with Crippen LogP contribution < -0.4 is 10.5 Å². The summed E-state index contributed by atoms with van der Waals surface area (Å²) in [7, 11) is 0. The molecule has 0 heterocycles. The summed E-state index contributed by atoms with van der Waals surface area (Å²) in [6.45, 7) is 4.15. The van der Waals surface area contributed by atoms with Crippen LogP contribution >= 0.6 is 0 Å². The summed E-state index contributed by atoms with van der Waals surface area (Å²) in [6.07, 6.45) is 0. The van der Waals surface area contributed by atoms with Gasteiger partial charge in [-0.2, -0.15) is 0 Å². The number of hydrogen-bond donors (Lipinski definition) is 1. The minimum absolute atomic E-state index is 0.242. The summed E-state index contributed by atoms with van der Waals surface area (Å²) in [4.78, 5) is 0. The van der Waals surface area contributed by atoms with Gasteiger partial charge in [0.1, 0.15) is 5.60 Å². The molecule has 0 bridgehead atoms. The Morgan fingerprint density at radius 1 is 1.11 bits per heavy atom. The van der Waals surface area contributed by atoms with E-state index in [2.05, 4.69) is 0 Å². The van der Waals surface area contributed by atoms with E-state index in [0.29, 0.717) is 6.54 Å². The van der Waals surface area contributed by atoms with E-state index in [4.69, 9.17) is 10.5 Å². The molecule has 0 radical (unpaired) electrons. The van der Waals surface area contributed by atoms with Crippen molar-refractivity contribution < 1.29 is 9.13 Å². The number of ether oxygens (including phenoxy) is 1. The molecule has 2 aromatic rings. The third-order valence-corrected chi connectivity index (χ3v) is 3.07. The smallest absolute Gasteiger partial charge is 0.165 e. The minimum Gasteiger partial charge on any atom is -0.480 e. The highest BCUT2D eigenvalue weighted by atomic mass is 19.1. The molecule has 0 spiro atoms. The molecule has 0 aromatic heterocycles. The Morgan fingerprint density at radius 3 is 2.37 bits per heavy atom. The monoisotopic (exact) mass is 259 g/mol. The van der Waals surface area contributed by atoms with Gasteiger partial charge in [-0.3, -0.25) is 0 Å². The van der Waals surface area contributed by atoms with Crippen LogP contribution in [0.1, 0.15) is 25.0 Å². The van der Waals surface area contributed by atoms with Gasteiger partial charge in [-0.25, -0.2) is 4.39 Å². The quantitative estimate of drug-likeness (QED) is 0.910. The van der Waals surface area contributed by atoms with Gasteiger partial charge in [0.2, 0.25) is 0 Å². The molecule has 0 saturated carbocycles. The second kappa shape index (κ2) is 5.41. The predicted molar refractivity (Wildman–Crippen MR) is 74.4 cm³/mol. The zero-order valence-corrected chi connectivity index (χ0v) is 11.2. The molecule has 0 unspecified atom stereocenters. The third kappa shape index (κ3) is 3.12. The highest BCUT2D eigenvalue weighted by molar-refractivity contribution is 5.31. The molecular formula is C16H18FNO. The Balaban J connectivity index is 2.25. The van der Waals surface area contributed by atoms with Gasteiger partial charge in [-0.1, -0.05) is 36.4 Å². The van der Waals surface area contributed by atoms with E-state index in [-0.39, 0.29) is 11.6 Å². The molecule has 0 fully saturated rings. The van der Waals surface area contributed by atoms with Crippen molar-refractivity contribution in [2.24, 2.45) is 5.73 Å². The van der Waals surface area contributed by atoms with Crippen molar-refractivity contribution in [2.45, 2.75) is 26.0 Å². The highest BCUT2D eigenvalue weighted by Crippen LogP contribution is 2.29. The Labute approximate surface area is 113 Å². The van der Waals surface area contributed by atoms with Crippen molar-refractivity contribution in [3.63, 3.8) is 0 Å². The summed E-state index contributed by atoms with van der Waals surface area (Å²) < 4.78 is 19.7. The van der Waals surface area contributed by atoms with Crippen molar-refractivity contribution in [1.29, 1.82) is 0 Å². The van der Waals surface area contributed by atoms with Gasteiger partial charge in [0.15, 0.2) is 11.6 Å².